The van der Waals surface area contributed by atoms with Crippen LogP contribution in [0.4, 0.5) is 5.82 Å². The number of anilines is 1. The molecule has 82 valence electrons. The van der Waals surface area contributed by atoms with E-state index in [9.17, 15) is 4.79 Å². The molecule has 1 saturated heterocycles. The highest BCUT2D eigenvalue weighted by molar-refractivity contribution is 5.97. The number of nitrogens with zero attached hydrogens (tertiary/aromatic N) is 1. The van der Waals surface area contributed by atoms with Gasteiger partial charge in [-0.15, -0.1) is 0 Å². The Balaban J connectivity index is 2.06. The average Bonchev–Trinajstić information content (AvgIpc) is 2.87. The van der Waals surface area contributed by atoms with Gasteiger partial charge in [0, 0.05) is 6.07 Å². The summed E-state index contributed by atoms with van der Waals surface area (Å²) in [5.41, 5.74) is -0.384. The zero-order chi connectivity index (χ0) is 10.7. The van der Waals surface area contributed by atoms with Crippen LogP contribution in [-0.4, -0.2) is 28.2 Å². The third kappa shape index (κ3) is 1.87. The Morgan fingerprint density at radius 3 is 3.13 bits per heavy atom. The van der Waals surface area contributed by atoms with E-state index in [0.29, 0.717) is 5.82 Å². The van der Waals surface area contributed by atoms with Crippen LogP contribution in [0.1, 0.15) is 26.2 Å². The van der Waals surface area contributed by atoms with Gasteiger partial charge in [-0.3, -0.25) is 9.89 Å². The van der Waals surface area contributed by atoms with Crippen molar-refractivity contribution in [3.05, 3.63) is 12.3 Å². The number of aromatic nitrogens is 2. The third-order valence-corrected chi connectivity index (χ3v) is 3.03. The van der Waals surface area contributed by atoms with Gasteiger partial charge in [-0.1, -0.05) is 6.92 Å². The summed E-state index contributed by atoms with van der Waals surface area (Å²) in [5, 5.41) is 12.6. The highest BCUT2D eigenvalue weighted by atomic mass is 16.2. The number of hydrogen-bond donors (Lipinski definition) is 3. The van der Waals surface area contributed by atoms with E-state index in [1.54, 1.807) is 12.3 Å². The van der Waals surface area contributed by atoms with Crippen LogP contribution >= 0.6 is 0 Å². The van der Waals surface area contributed by atoms with E-state index in [1.807, 2.05) is 6.92 Å². The molecule has 1 aromatic heterocycles. The number of amides is 1. The first-order chi connectivity index (χ1) is 7.27. The molecule has 1 aliphatic rings. The van der Waals surface area contributed by atoms with Crippen LogP contribution in [-0.2, 0) is 4.79 Å². The topological polar surface area (TPSA) is 69.8 Å². The Morgan fingerprint density at radius 2 is 2.60 bits per heavy atom. The number of nitrogens with one attached hydrogen (secondary N) is 3. The van der Waals surface area contributed by atoms with Gasteiger partial charge in [-0.05, 0) is 25.8 Å². The minimum absolute atomic E-state index is 0.0340. The molecule has 0 saturated carbocycles. The van der Waals surface area contributed by atoms with Gasteiger partial charge in [0.1, 0.15) is 5.82 Å². The lowest BCUT2D eigenvalue weighted by molar-refractivity contribution is -0.122. The van der Waals surface area contributed by atoms with Crippen molar-refractivity contribution in [2.24, 2.45) is 0 Å². The van der Waals surface area contributed by atoms with Crippen molar-refractivity contribution < 1.29 is 4.79 Å². The molecule has 15 heavy (non-hydrogen) atoms. The molecular weight excluding hydrogens is 192 g/mol. The molecule has 5 heteroatoms. The molecule has 3 N–H and O–H groups in total. The molecule has 1 unspecified atom stereocenters. The van der Waals surface area contributed by atoms with Crippen molar-refractivity contribution in [3.63, 3.8) is 0 Å². The SMILES string of the molecule is CCC1(C(=O)Nc2ccn[nH]2)CCCN1. The van der Waals surface area contributed by atoms with Gasteiger partial charge in [0.15, 0.2) is 0 Å². The second-order valence-corrected chi connectivity index (χ2v) is 3.89. The molecule has 1 aromatic rings. The fourth-order valence-corrected chi connectivity index (χ4v) is 2.03. The molecule has 1 aliphatic heterocycles. The van der Waals surface area contributed by atoms with Crippen molar-refractivity contribution in [3.8, 4) is 0 Å². The Morgan fingerprint density at radius 1 is 1.73 bits per heavy atom. The molecule has 0 aromatic carbocycles. The standard InChI is InChI=1S/C10H16N4O/c1-2-10(5-3-6-11-10)9(15)13-8-4-7-12-14-8/h4,7,11H,2-3,5-6H2,1H3,(H2,12,13,14,15). The molecule has 0 bridgehead atoms. The van der Waals surface area contributed by atoms with E-state index in [1.165, 1.54) is 0 Å². The second kappa shape index (κ2) is 4.02. The molecular formula is C10H16N4O. The van der Waals surface area contributed by atoms with Crippen molar-refractivity contribution in [1.82, 2.24) is 15.5 Å². The van der Waals surface area contributed by atoms with E-state index in [4.69, 9.17) is 0 Å². The normalized spacial score (nSPS) is 25.4. The van der Waals surface area contributed by atoms with Gasteiger partial charge in [-0.25, -0.2) is 0 Å². The molecule has 5 nitrogen and oxygen atoms in total. The van der Waals surface area contributed by atoms with Crippen LogP contribution in [0.2, 0.25) is 0 Å². The average molecular weight is 208 g/mol. The minimum atomic E-state index is -0.384. The van der Waals surface area contributed by atoms with Crippen LogP contribution < -0.4 is 10.6 Å². The molecule has 0 radical (unpaired) electrons. The first-order valence-electron chi connectivity index (χ1n) is 5.33. The van der Waals surface area contributed by atoms with E-state index in [-0.39, 0.29) is 11.4 Å². The maximum atomic E-state index is 12.0. The van der Waals surface area contributed by atoms with Crippen molar-refractivity contribution in [2.45, 2.75) is 31.7 Å². The number of rotatable bonds is 3. The zero-order valence-electron chi connectivity index (χ0n) is 8.84. The lowest BCUT2D eigenvalue weighted by Crippen LogP contribution is -2.50. The monoisotopic (exact) mass is 208 g/mol. The van der Waals surface area contributed by atoms with Crippen LogP contribution in [0.15, 0.2) is 12.3 Å². The van der Waals surface area contributed by atoms with Crippen LogP contribution in [0, 0.1) is 0 Å². The van der Waals surface area contributed by atoms with E-state index < -0.39 is 0 Å². The fourth-order valence-electron chi connectivity index (χ4n) is 2.03. The van der Waals surface area contributed by atoms with Gasteiger partial charge in [-0.2, -0.15) is 5.10 Å². The maximum Gasteiger partial charge on any atom is 0.245 e. The number of aromatic amines is 1. The Hall–Kier alpha value is -1.36. The van der Waals surface area contributed by atoms with E-state index in [0.717, 1.165) is 25.8 Å². The lowest BCUT2D eigenvalue weighted by Gasteiger charge is -2.26. The summed E-state index contributed by atoms with van der Waals surface area (Å²) in [4.78, 5) is 12.0. The van der Waals surface area contributed by atoms with Crippen LogP contribution in [0.3, 0.4) is 0 Å². The number of H-pyrrole nitrogens is 1. The Bertz CT molecular complexity index is 327. The highest BCUT2D eigenvalue weighted by Gasteiger charge is 2.39. The molecule has 2 rings (SSSR count). The minimum Gasteiger partial charge on any atom is -0.309 e. The zero-order valence-corrected chi connectivity index (χ0v) is 8.84. The van der Waals surface area contributed by atoms with E-state index in [2.05, 4.69) is 20.8 Å². The summed E-state index contributed by atoms with van der Waals surface area (Å²) >= 11 is 0. The van der Waals surface area contributed by atoms with Crippen molar-refractivity contribution >= 4 is 11.7 Å². The first kappa shape index (κ1) is 10.2. The smallest absolute Gasteiger partial charge is 0.245 e. The predicted molar refractivity (Wildman–Crippen MR) is 57.5 cm³/mol. The van der Waals surface area contributed by atoms with Crippen molar-refractivity contribution in [2.75, 3.05) is 11.9 Å². The Labute approximate surface area is 88.6 Å². The van der Waals surface area contributed by atoms with Gasteiger partial charge in [0.05, 0.1) is 11.7 Å². The second-order valence-electron chi connectivity index (χ2n) is 3.89. The van der Waals surface area contributed by atoms with Gasteiger partial charge >= 0.3 is 0 Å². The van der Waals surface area contributed by atoms with Crippen molar-refractivity contribution in [1.29, 1.82) is 0 Å². The molecule has 1 atom stereocenters. The molecule has 1 amide bonds. The largest absolute Gasteiger partial charge is 0.309 e. The fraction of sp³-hybridized carbons (Fsp3) is 0.600. The number of hydrogen-bond acceptors (Lipinski definition) is 3. The predicted octanol–water partition coefficient (Wildman–Crippen LogP) is 0.880. The first-order valence-corrected chi connectivity index (χ1v) is 5.33. The quantitative estimate of drug-likeness (QED) is 0.690. The Kier molecular flexibility index (Phi) is 2.73. The highest BCUT2D eigenvalue weighted by Crippen LogP contribution is 2.24. The summed E-state index contributed by atoms with van der Waals surface area (Å²) < 4.78 is 0. The molecule has 0 aliphatic carbocycles. The molecule has 0 spiro atoms. The third-order valence-electron chi connectivity index (χ3n) is 3.03. The maximum absolute atomic E-state index is 12.0. The summed E-state index contributed by atoms with van der Waals surface area (Å²) in [6, 6.07) is 1.75. The van der Waals surface area contributed by atoms with Crippen LogP contribution in [0.25, 0.3) is 0 Å². The van der Waals surface area contributed by atoms with Gasteiger partial charge < -0.3 is 10.6 Å². The summed E-state index contributed by atoms with van der Waals surface area (Å²) in [6.07, 6.45) is 4.40. The lowest BCUT2D eigenvalue weighted by atomic mass is 9.93. The van der Waals surface area contributed by atoms with Gasteiger partial charge in [0.2, 0.25) is 5.91 Å². The van der Waals surface area contributed by atoms with Crippen LogP contribution in [0.5, 0.6) is 0 Å². The number of carbonyl (C=O) groups excluding carboxylic acids is 1. The van der Waals surface area contributed by atoms with E-state index >= 15 is 0 Å². The summed E-state index contributed by atoms with van der Waals surface area (Å²) in [7, 11) is 0. The van der Waals surface area contributed by atoms with Gasteiger partial charge in [0.25, 0.3) is 0 Å². The number of carbonyl (C=O) groups is 1. The summed E-state index contributed by atoms with van der Waals surface area (Å²) in [6.45, 7) is 2.95. The summed E-state index contributed by atoms with van der Waals surface area (Å²) in [5.74, 6) is 0.688. The molecule has 1 fully saturated rings. The molecule has 2 heterocycles.